The maximum Gasteiger partial charge on any atom is 0.220 e. The molecule has 14 heteroatoms. The van der Waals surface area contributed by atoms with E-state index in [0.29, 0.717) is 6.42 Å². The van der Waals surface area contributed by atoms with Crippen molar-refractivity contribution >= 4 is 5.91 Å². The molecule has 0 aromatic carbocycles. The first-order valence-corrected chi connectivity index (χ1v) is 27.9. The minimum absolute atomic E-state index is 0.237. The topological polar surface area (TPSA) is 228 Å². The highest BCUT2D eigenvalue weighted by atomic mass is 16.7. The molecule has 0 bridgehead atoms. The monoisotopic (exact) mass is 974 g/mol. The van der Waals surface area contributed by atoms with Gasteiger partial charge < -0.3 is 65.1 Å². The van der Waals surface area contributed by atoms with Crippen LogP contribution >= 0.6 is 0 Å². The summed E-state index contributed by atoms with van der Waals surface area (Å²) in [4.78, 5) is 13.2. The Bertz CT molecular complexity index is 1200. The Hall–Kier alpha value is -1.27. The SMILES string of the molecule is CCCCCCCCCC/C=C/C(O)C(COC1OC(CO)C(OC2OC(CO)C(O)C(O)C2O)C(O)C1O)NC(=O)CCCCCCCCCCCCCCCCCCCCCCCCCC. The van der Waals surface area contributed by atoms with Crippen LogP contribution in [0.3, 0.4) is 0 Å². The third-order valence-corrected chi connectivity index (χ3v) is 14.0. The molecule has 402 valence electrons. The van der Waals surface area contributed by atoms with E-state index < -0.39 is 86.8 Å². The van der Waals surface area contributed by atoms with E-state index in [0.717, 1.165) is 38.5 Å². The van der Waals surface area contributed by atoms with Gasteiger partial charge in [-0.15, -0.1) is 0 Å². The van der Waals surface area contributed by atoms with E-state index in [-0.39, 0.29) is 18.9 Å². The second-order valence-corrected chi connectivity index (χ2v) is 20.1. The molecular formula is C54H103NO13. The molecule has 2 saturated heterocycles. The maximum absolute atomic E-state index is 13.2. The fraction of sp³-hybridized carbons (Fsp3) is 0.944. The van der Waals surface area contributed by atoms with E-state index in [2.05, 4.69) is 19.2 Å². The molecule has 12 atom stereocenters. The van der Waals surface area contributed by atoms with Gasteiger partial charge in [-0.3, -0.25) is 4.79 Å². The van der Waals surface area contributed by atoms with Crippen LogP contribution in [0.15, 0.2) is 12.2 Å². The number of aliphatic hydroxyl groups is 8. The summed E-state index contributed by atoms with van der Waals surface area (Å²) in [6, 6.07) is -0.907. The number of amides is 1. The summed E-state index contributed by atoms with van der Waals surface area (Å²) in [6.07, 6.45) is 28.4. The molecule has 14 nitrogen and oxygen atoms in total. The summed E-state index contributed by atoms with van der Waals surface area (Å²) in [5, 5.41) is 86.7. The molecule has 12 unspecified atom stereocenters. The number of allylic oxidation sites excluding steroid dienone is 1. The fourth-order valence-corrected chi connectivity index (χ4v) is 9.41. The highest BCUT2D eigenvalue weighted by molar-refractivity contribution is 5.76. The lowest BCUT2D eigenvalue weighted by molar-refractivity contribution is -0.359. The quantitative estimate of drug-likeness (QED) is 0.0207. The van der Waals surface area contributed by atoms with Crippen molar-refractivity contribution in [2.75, 3.05) is 19.8 Å². The third kappa shape index (κ3) is 27.5. The Balaban J connectivity index is 1.71. The van der Waals surface area contributed by atoms with Crippen LogP contribution in [0, 0.1) is 0 Å². The van der Waals surface area contributed by atoms with Gasteiger partial charge in [0.25, 0.3) is 0 Å². The van der Waals surface area contributed by atoms with Gasteiger partial charge in [0.1, 0.15) is 48.8 Å². The number of hydrogen-bond donors (Lipinski definition) is 9. The van der Waals surface area contributed by atoms with E-state index in [4.69, 9.17) is 18.9 Å². The number of nitrogens with one attached hydrogen (secondary N) is 1. The summed E-state index contributed by atoms with van der Waals surface area (Å²) in [7, 11) is 0. The second kappa shape index (κ2) is 41.2. The number of aliphatic hydroxyl groups excluding tert-OH is 8. The summed E-state index contributed by atoms with van der Waals surface area (Å²) < 4.78 is 22.7. The Morgan fingerprint density at radius 2 is 0.912 bits per heavy atom. The Morgan fingerprint density at radius 3 is 1.35 bits per heavy atom. The fourth-order valence-electron chi connectivity index (χ4n) is 9.41. The number of carbonyl (C=O) groups is 1. The van der Waals surface area contributed by atoms with Crippen LogP contribution in [-0.4, -0.2) is 140 Å². The molecule has 2 aliphatic rings. The molecule has 2 heterocycles. The maximum atomic E-state index is 13.2. The standard InChI is InChI=1S/C54H103NO13/c1-3-5-7-9-11-13-15-16-17-18-19-20-21-22-23-24-25-26-27-28-30-32-34-36-38-46(59)55-42(43(58)37-35-33-31-29-14-12-10-8-6-4-2)41-65-53-51(64)49(62)52(45(40-57)67-53)68-54-50(63)48(61)47(60)44(39-56)66-54/h35,37,42-45,47-54,56-58,60-64H,3-34,36,38-41H2,1-2H3,(H,55,59)/b37-35+. The molecule has 68 heavy (non-hydrogen) atoms. The number of rotatable bonds is 44. The van der Waals surface area contributed by atoms with Crippen LogP contribution in [0.4, 0.5) is 0 Å². The van der Waals surface area contributed by atoms with Crippen molar-refractivity contribution in [3.63, 3.8) is 0 Å². The summed E-state index contributed by atoms with van der Waals surface area (Å²) >= 11 is 0. The minimum Gasteiger partial charge on any atom is -0.394 e. The molecule has 0 aliphatic carbocycles. The van der Waals surface area contributed by atoms with Gasteiger partial charge in [0.15, 0.2) is 12.6 Å². The lowest BCUT2D eigenvalue weighted by Crippen LogP contribution is -2.65. The number of unbranched alkanes of at least 4 members (excludes halogenated alkanes) is 31. The molecular weight excluding hydrogens is 871 g/mol. The minimum atomic E-state index is -1.78. The van der Waals surface area contributed by atoms with Crippen molar-refractivity contribution in [3.05, 3.63) is 12.2 Å². The first-order chi connectivity index (χ1) is 33.1. The summed E-state index contributed by atoms with van der Waals surface area (Å²) in [5.41, 5.74) is 0. The van der Waals surface area contributed by atoms with Crippen molar-refractivity contribution in [1.29, 1.82) is 0 Å². The van der Waals surface area contributed by atoms with E-state index >= 15 is 0 Å². The van der Waals surface area contributed by atoms with Gasteiger partial charge in [-0.25, -0.2) is 0 Å². The summed E-state index contributed by atoms with van der Waals surface area (Å²) in [6.45, 7) is 2.78. The van der Waals surface area contributed by atoms with Crippen LogP contribution < -0.4 is 5.32 Å². The second-order valence-electron chi connectivity index (χ2n) is 20.1. The van der Waals surface area contributed by atoms with Gasteiger partial charge in [0.2, 0.25) is 5.91 Å². The van der Waals surface area contributed by atoms with E-state index in [9.17, 15) is 45.6 Å². The zero-order chi connectivity index (χ0) is 49.6. The van der Waals surface area contributed by atoms with Gasteiger partial charge in [-0.05, 0) is 19.3 Å². The molecule has 2 aliphatic heterocycles. The van der Waals surface area contributed by atoms with Crippen molar-refractivity contribution in [3.8, 4) is 0 Å². The highest BCUT2D eigenvalue weighted by Crippen LogP contribution is 2.30. The van der Waals surface area contributed by atoms with E-state index in [1.807, 2.05) is 6.08 Å². The lowest BCUT2D eigenvalue weighted by Gasteiger charge is -2.46. The van der Waals surface area contributed by atoms with Gasteiger partial charge in [-0.2, -0.15) is 0 Å². The van der Waals surface area contributed by atoms with Crippen molar-refractivity contribution in [1.82, 2.24) is 5.32 Å². The van der Waals surface area contributed by atoms with Gasteiger partial charge >= 0.3 is 0 Å². The molecule has 1 amide bonds. The van der Waals surface area contributed by atoms with E-state index in [1.165, 1.54) is 167 Å². The zero-order valence-electron chi connectivity index (χ0n) is 42.9. The molecule has 9 N–H and O–H groups in total. The number of hydrogen-bond acceptors (Lipinski definition) is 13. The largest absolute Gasteiger partial charge is 0.394 e. The van der Waals surface area contributed by atoms with Crippen LogP contribution in [-0.2, 0) is 23.7 Å². The van der Waals surface area contributed by atoms with E-state index in [1.54, 1.807) is 6.08 Å². The number of ether oxygens (including phenoxy) is 4. The highest BCUT2D eigenvalue weighted by Gasteiger charge is 2.51. The smallest absolute Gasteiger partial charge is 0.220 e. The molecule has 0 aromatic heterocycles. The predicted octanol–water partition coefficient (Wildman–Crippen LogP) is 8.33. The van der Waals surface area contributed by atoms with Gasteiger partial charge in [0, 0.05) is 6.42 Å². The van der Waals surface area contributed by atoms with Crippen molar-refractivity contribution in [2.45, 2.75) is 306 Å². The van der Waals surface area contributed by atoms with Gasteiger partial charge in [-0.1, -0.05) is 219 Å². The third-order valence-electron chi connectivity index (χ3n) is 14.0. The Labute approximate surface area is 412 Å². The number of carbonyl (C=O) groups excluding carboxylic acids is 1. The van der Waals surface area contributed by atoms with Crippen molar-refractivity contribution in [2.24, 2.45) is 0 Å². The van der Waals surface area contributed by atoms with Crippen LogP contribution in [0.1, 0.15) is 232 Å². The van der Waals surface area contributed by atoms with Crippen LogP contribution in [0.5, 0.6) is 0 Å². The first kappa shape index (κ1) is 62.8. The van der Waals surface area contributed by atoms with Crippen molar-refractivity contribution < 1.29 is 64.6 Å². The Morgan fingerprint density at radius 1 is 0.515 bits per heavy atom. The zero-order valence-corrected chi connectivity index (χ0v) is 42.9. The van der Waals surface area contributed by atoms with Crippen LogP contribution in [0.25, 0.3) is 0 Å². The average Bonchev–Trinajstić information content (AvgIpc) is 3.34. The summed E-state index contributed by atoms with van der Waals surface area (Å²) in [5.74, 6) is -0.237. The molecule has 2 rings (SSSR count). The molecule has 0 saturated carbocycles. The first-order valence-electron chi connectivity index (χ1n) is 27.9. The molecule has 0 radical (unpaired) electrons. The predicted molar refractivity (Wildman–Crippen MR) is 268 cm³/mol. The van der Waals surface area contributed by atoms with Gasteiger partial charge in [0.05, 0.1) is 32.0 Å². The lowest BCUT2D eigenvalue weighted by atomic mass is 9.97. The molecule has 0 spiro atoms. The molecule has 0 aromatic rings. The molecule has 2 fully saturated rings. The Kier molecular flexibility index (Phi) is 38.1. The average molecular weight is 974 g/mol. The normalized spacial score (nSPS) is 26.4. The van der Waals surface area contributed by atoms with Crippen LogP contribution in [0.2, 0.25) is 0 Å².